The van der Waals surface area contributed by atoms with Gasteiger partial charge in [-0.15, -0.1) is 11.3 Å². The van der Waals surface area contributed by atoms with Gasteiger partial charge in [0.1, 0.15) is 5.65 Å². The number of hydrogen-bond donors (Lipinski definition) is 1. The third-order valence-corrected chi connectivity index (χ3v) is 4.56. The largest absolute Gasteiger partial charge is 0.342 e. The Morgan fingerprint density at radius 1 is 1.37 bits per heavy atom. The number of aromatic amines is 1. The Hall–Kier alpha value is -1.36. The maximum atomic E-state index is 12.6. The summed E-state index contributed by atoms with van der Waals surface area (Å²) in [4.78, 5) is 19.9. The molecule has 0 radical (unpaired) electrons. The molecule has 0 spiro atoms. The van der Waals surface area contributed by atoms with Crippen molar-refractivity contribution in [3.05, 3.63) is 50.6 Å². The SMILES string of the molecule is Cc1[nH]c2ncsc2c1C(=O)c1cccc(Cl)c1Cl. The quantitative estimate of drug-likeness (QED) is 0.710. The molecule has 0 fully saturated rings. The molecule has 1 N–H and O–H groups in total. The minimum Gasteiger partial charge on any atom is -0.342 e. The fraction of sp³-hybridized carbons (Fsp3) is 0.0769. The number of thiazole rings is 1. The highest BCUT2D eigenvalue weighted by Crippen LogP contribution is 2.32. The lowest BCUT2D eigenvalue weighted by Gasteiger charge is -2.04. The molecule has 2 aromatic heterocycles. The van der Waals surface area contributed by atoms with Crippen LogP contribution in [0.3, 0.4) is 0 Å². The number of aryl methyl sites for hydroxylation is 1. The van der Waals surface area contributed by atoms with Gasteiger partial charge in [0.2, 0.25) is 0 Å². The predicted molar refractivity (Wildman–Crippen MR) is 78.6 cm³/mol. The zero-order valence-corrected chi connectivity index (χ0v) is 12.2. The number of nitrogens with zero attached hydrogens (tertiary/aromatic N) is 1. The van der Waals surface area contributed by atoms with Crippen molar-refractivity contribution < 1.29 is 4.79 Å². The zero-order chi connectivity index (χ0) is 13.6. The molecule has 0 saturated heterocycles. The van der Waals surface area contributed by atoms with Gasteiger partial charge < -0.3 is 4.98 Å². The molecule has 3 aromatic rings. The van der Waals surface area contributed by atoms with Crippen molar-refractivity contribution in [3.8, 4) is 0 Å². The standard InChI is InChI=1S/C13H8Cl2N2OS/c1-6-9(12-13(17-6)16-5-19-12)11(18)7-3-2-4-8(14)10(7)15/h2-5,17H,1H3. The van der Waals surface area contributed by atoms with E-state index in [0.29, 0.717) is 16.1 Å². The molecule has 0 aliphatic heterocycles. The van der Waals surface area contributed by atoms with Crippen molar-refractivity contribution in [2.75, 3.05) is 0 Å². The molecule has 96 valence electrons. The average molecular weight is 311 g/mol. The van der Waals surface area contributed by atoms with Crippen LogP contribution < -0.4 is 0 Å². The Bertz CT molecular complexity index is 791. The Morgan fingerprint density at radius 3 is 2.95 bits per heavy atom. The van der Waals surface area contributed by atoms with Gasteiger partial charge in [-0.3, -0.25) is 4.79 Å². The number of rotatable bonds is 2. The van der Waals surface area contributed by atoms with E-state index < -0.39 is 0 Å². The van der Waals surface area contributed by atoms with Crippen LogP contribution in [0.4, 0.5) is 0 Å². The molecule has 1 aromatic carbocycles. The van der Waals surface area contributed by atoms with Crippen LogP contribution >= 0.6 is 34.5 Å². The van der Waals surface area contributed by atoms with E-state index in [-0.39, 0.29) is 10.8 Å². The van der Waals surface area contributed by atoms with E-state index in [4.69, 9.17) is 23.2 Å². The average Bonchev–Trinajstić information content (AvgIpc) is 2.91. The molecule has 0 aliphatic carbocycles. The van der Waals surface area contributed by atoms with Gasteiger partial charge in [0.25, 0.3) is 0 Å². The first-order chi connectivity index (χ1) is 9.09. The second-order valence-corrected chi connectivity index (χ2v) is 5.73. The van der Waals surface area contributed by atoms with E-state index >= 15 is 0 Å². The summed E-state index contributed by atoms with van der Waals surface area (Å²) in [6, 6.07) is 5.05. The highest BCUT2D eigenvalue weighted by molar-refractivity contribution is 7.17. The van der Waals surface area contributed by atoms with Crippen molar-refractivity contribution in [2.45, 2.75) is 6.92 Å². The third-order valence-electron chi connectivity index (χ3n) is 2.90. The Balaban J connectivity index is 2.21. The van der Waals surface area contributed by atoms with Gasteiger partial charge in [-0.25, -0.2) is 4.98 Å². The molecule has 0 amide bonds. The van der Waals surface area contributed by atoms with Crippen molar-refractivity contribution in [1.82, 2.24) is 9.97 Å². The third kappa shape index (κ3) is 1.96. The molecule has 0 bridgehead atoms. The number of fused-ring (bicyclic) bond motifs is 1. The number of nitrogens with one attached hydrogen (secondary N) is 1. The number of halogens is 2. The Kier molecular flexibility index (Phi) is 3.09. The van der Waals surface area contributed by atoms with Crippen molar-refractivity contribution in [1.29, 1.82) is 0 Å². The second-order valence-electron chi connectivity index (χ2n) is 4.09. The van der Waals surface area contributed by atoms with E-state index in [9.17, 15) is 4.79 Å². The van der Waals surface area contributed by atoms with Crippen LogP contribution in [-0.4, -0.2) is 15.8 Å². The zero-order valence-electron chi connectivity index (χ0n) is 9.83. The first kappa shape index (κ1) is 12.7. The van der Waals surface area contributed by atoms with Crippen LogP contribution in [0.1, 0.15) is 21.6 Å². The highest BCUT2D eigenvalue weighted by Gasteiger charge is 2.22. The van der Waals surface area contributed by atoms with Crippen molar-refractivity contribution >= 4 is 50.7 Å². The van der Waals surface area contributed by atoms with Crippen LogP contribution in [0.15, 0.2) is 23.7 Å². The van der Waals surface area contributed by atoms with Gasteiger partial charge in [0, 0.05) is 11.3 Å². The van der Waals surface area contributed by atoms with Crippen LogP contribution in [0, 0.1) is 6.92 Å². The van der Waals surface area contributed by atoms with Gasteiger partial charge in [-0.05, 0) is 19.1 Å². The van der Waals surface area contributed by atoms with E-state index in [2.05, 4.69) is 9.97 Å². The summed E-state index contributed by atoms with van der Waals surface area (Å²) in [6.07, 6.45) is 0. The molecule has 3 rings (SSSR count). The summed E-state index contributed by atoms with van der Waals surface area (Å²) in [5.41, 5.74) is 4.24. The fourth-order valence-corrected chi connectivity index (χ4v) is 3.24. The summed E-state index contributed by atoms with van der Waals surface area (Å²) < 4.78 is 0.846. The molecule has 6 heteroatoms. The summed E-state index contributed by atoms with van der Waals surface area (Å²) in [5, 5.41) is 0.661. The summed E-state index contributed by atoms with van der Waals surface area (Å²) >= 11 is 13.5. The van der Waals surface area contributed by atoms with E-state index in [1.54, 1.807) is 23.7 Å². The molecule has 0 atom stereocenters. The number of aromatic nitrogens is 2. The fourth-order valence-electron chi connectivity index (χ4n) is 2.01. The maximum Gasteiger partial charge on any atom is 0.197 e. The van der Waals surface area contributed by atoms with Gasteiger partial charge in [0.15, 0.2) is 5.78 Å². The summed E-state index contributed by atoms with van der Waals surface area (Å²) in [7, 11) is 0. The number of carbonyl (C=O) groups excluding carboxylic acids is 1. The Labute approximate surface area is 123 Å². The van der Waals surface area contributed by atoms with Gasteiger partial charge >= 0.3 is 0 Å². The van der Waals surface area contributed by atoms with Crippen molar-refractivity contribution in [3.63, 3.8) is 0 Å². The van der Waals surface area contributed by atoms with E-state index in [1.807, 2.05) is 6.92 Å². The van der Waals surface area contributed by atoms with Gasteiger partial charge in [-0.1, -0.05) is 29.3 Å². The monoisotopic (exact) mass is 310 g/mol. The van der Waals surface area contributed by atoms with Gasteiger partial charge in [0.05, 0.1) is 25.8 Å². The summed E-state index contributed by atoms with van der Waals surface area (Å²) in [6.45, 7) is 1.85. The first-order valence-corrected chi connectivity index (χ1v) is 7.13. The lowest BCUT2D eigenvalue weighted by Crippen LogP contribution is -2.03. The normalized spacial score (nSPS) is 11.1. The van der Waals surface area contributed by atoms with Crippen LogP contribution in [0.5, 0.6) is 0 Å². The smallest absolute Gasteiger partial charge is 0.197 e. The number of ketones is 1. The number of benzene rings is 1. The predicted octanol–water partition coefficient (Wildman–Crippen LogP) is 4.47. The lowest BCUT2D eigenvalue weighted by molar-refractivity contribution is 0.104. The number of hydrogen-bond acceptors (Lipinski definition) is 3. The van der Waals surface area contributed by atoms with Gasteiger partial charge in [-0.2, -0.15) is 0 Å². The molecule has 0 aliphatic rings. The number of H-pyrrole nitrogens is 1. The molecule has 2 heterocycles. The highest BCUT2D eigenvalue weighted by atomic mass is 35.5. The Morgan fingerprint density at radius 2 is 2.16 bits per heavy atom. The molecule has 0 saturated carbocycles. The molecule has 0 unspecified atom stereocenters. The van der Waals surface area contributed by atoms with Crippen molar-refractivity contribution in [2.24, 2.45) is 0 Å². The molecular formula is C13H8Cl2N2OS. The minimum atomic E-state index is -0.138. The topological polar surface area (TPSA) is 45.8 Å². The number of carbonyl (C=O) groups is 1. The maximum absolute atomic E-state index is 12.6. The van der Waals surface area contributed by atoms with Crippen LogP contribution in [0.2, 0.25) is 10.0 Å². The second kappa shape index (κ2) is 4.63. The van der Waals surface area contributed by atoms with E-state index in [1.165, 1.54) is 11.3 Å². The molecular weight excluding hydrogens is 303 g/mol. The summed E-state index contributed by atoms with van der Waals surface area (Å²) in [5.74, 6) is -0.138. The molecule has 19 heavy (non-hydrogen) atoms. The van der Waals surface area contributed by atoms with Crippen LogP contribution in [0.25, 0.3) is 10.3 Å². The van der Waals surface area contributed by atoms with E-state index in [0.717, 1.165) is 16.0 Å². The first-order valence-electron chi connectivity index (χ1n) is 5.50. The minimum absolute atomic E-state index is 0.138. The lowest BCUT2D eigenvalue weighted by atomic mass is 10.0. The molecule has 3 nitrogen and oxygen atoms in total. The van der Waals surface area contributed by atoms with Crippen LogP contribution in [-0.2, 0) is 0 Å².